The number of pyridine rings is 1. The third-order valence-corrected chi connectivity index (χ3v) is 4.01. The van der Waals surface area contributed by atoms with E-state index in [4.69, 9.17) is 16.3 Å². The molecule has 1 aromatic heterocycles. The molecule has 0 saturated carbocycles. The molecule has 1 N–H and O–H groups in total. The van der Waals surface area contributed by atoms with Crippen LogP contribution in [0.1, 0.15) is 31.7 Å². The van der Waals surface area contributed by atoms with Crippen LogP contribution in [0, 0.1) is 6.92 Å². The molecule has 0 saturated heterocycles. The molecule has 0 bridgehead atoms. The van der Waals surface area contributed by atoms with Crippen molar-refractivity contribution in [2.24, 2.45) is 0 Å². The number of unbranched alkanes of at least 4 members (excludes halogenated alkanes) is 1. The van der Waals surface area contributed by atoms with Gasteiger partial charge in [0.15, 0.2) is 0 Å². The second kappa shape index (κ2) is 9.50. The van der Waals surface area contributed by atoms with Gasteiger partial charge in [-0.3, -0.25) is 9.36 Å². The molecule has 2 rings (SSSR count). The maximum atomic E-state index is 12.0. The SMILES string of the molecule is CCCCOCCCNc1ccc(-n2cc(C)ccc2=O)c(Cl)c1. The number of halogens is 1. The summed E-state index contributed by atoms with van der Waals surface area (Å²) in [5, 5.41) is 3.88. The Morgan fingerprint density at radius 3 is 2.71 bits per heavy atom. The summed E-state index contributed by atoms with van der Waals surface area (Å²) in [6.45, 7) is 6.53. The highest BCUT2D eigenvalue weighted by atomic mass is 35.5. The highest BCUT2D eigenvalue weighted by Crippen LogP contribution is 2.23. The van der Waals surface area contributed by atoms with Gasteiger partial charge < -0.3 is 10.1 Å². The molecule has 0 fully saturated rings. The molecule has 0 atom stereocenters. The van der Waals surface area contributed by atoms with E-state index < -0.39 is 0 Å². The fraction of sp³-hybridized carbons (Fsp3) is 0.421. The Labute approximate surface area is 148 Å². The third-order valence-electron chi connectivity index (χ3n) is 3.70. The van der Waals surface area contributed by atoms with E-state index in [-0.39, 0.29) is 5.56 Å². The number of nitrogens with zero attached hydrogens (tertiary/aromatic N) is 1. The van der Waals surface area contributed by atoms with Crippen LogP contribution in [0.2, 0.25) is 5.02 Å². The average Bonchev–Trinajstić information content (AvgIpc) is 2.57. The number of anilines is 1. The van der Waals surface area contributed by atoms with Crippen molar-refractivity contribution < 1.29 is 4.74 Å². The summed E-state index contributed by atoms with van der Waals surface area (Å²) in [7, 11) is 0. The zero-order valence-corrected chi connectivity index (χ0v) is 15.1. The van der Waals surface area contributed by atoms with Gasteiger partial charge in [0.1, 0.15) is 0 Å². The Kier molecular flexibility index (Phi) is 7.35. The van der Waals surface area contributed by atoms with E-state index in [1.54, 1.807) is 22.9 Å². The maximum Gasteiger partial charge on any atom is 0.255 e. The molecular formula is C19H25ClN2O2. The van der Waals surface area contributed by atoms with Gasteiger partial charge in [0.2, 0.25) is 0 Å². The first-order chi connectivity index (χ1) is 11.6. The lowest BCUT2D eigenvalue weighted by molar-refractivity contribution is 0.131. The van der Waals surface area contributed by atoms with Crippen LogP contribution in [0.4, 0.5) is 5.69 Å². The summed E-state index contributed by atoms with van der Waals surface area (Å²) < 4.78 is 7.11. The van der Waals surface area contributed by atoms with Crippen molar-refractivity contribution in [3.05, 3.63) is 57.5 Å². The second-order valence-corrected chi connectivity index (χ2v) is 6.23. The lowest BCUT2D eigenvalue weighted by atomic mass is 10.2. The molecule has 0 aliphatic rings. The molecule has 0 aliphatic heterocycles. The lowest BCUT2D eigenvalue weighted by Gasteiger charge is -2.12. The normalized spacial score (nSPS) is 10.8. The van der Waals surface area contributed by atoms with Crippen molar-refractivity contribution in [2.75, 3.05) is 25.1 Å². The minimum Gasteiger partial charge on any atom is -0.385 e. The van der Waals surface area contributed by atoms with E-state index >= 15 is 0 Å². The molecule has 0 spiro atoms. The van der Waals surface area contributed by atoms with Gasteiger partial charge in [-0.2, -0.15) is 0 Å². The van der Waals surface area contributed by atoms with Crippen LogP contribution < -0.4 is 10.9 Å². The zero-order chi connectivity index (χ0) is 17.4. The summed E-state index contributed by atoms with van der Waals surface area (Å²) in [4.78, 5) is 12.0. The average molecular weight is 349 g/mol. The van der Waals surface area contributed by atoms with Crippen molar-refractivity contribution >= 4 is 17.3 Å². The van der Waals surface area contributed by atoms with E-state index in [1.807, 2.05) is 25.1 Å². The number of aryl methyl sites for hydroxylation is 1. The van der Waals surface area contributed by atoms with E-state index in [1.165, 1.54) is 0 Å². The Balaban J connectivity index is 1.93. The summed E-state index contributed by atoms with van der Waals surface area (Å²) in [6, 6.07) is 9.00. The van der Waals surface area contributed by atoms with Gasteiger partial charge in [-0.15, -0.1) is 0 Å². The van der Waals surface area contributed by atoms with Gasteiger partial charge in [-0.1, -0.05) is 31.0 Å². The van der Waals surface area contributed by atoms with Crippen molar-refractivity contribution in [1.29, 1.82) is 0 Å². The number of hydrogen-bond donors (Lipinski definition) is 1. The highest BCUT2D eigenvalue weighted by Gasteiger charge is 2.06. The monoisotopic (exact) mass is 348 g/mol. The van der Waals surface area contributed by atoms with Crippen LogP contribution in [0.3, 0.4) is 0 Å². The van der Waals surface area contributed by atoms with Crippen LogP contribution in [-0.4, -0.2) is 24.3 Å². The van der Waals surface area contributed by atoms with Crippen LogP contribution in [0.15, 0.2) is 41.3 Å². The van der Waals surface area contributed by atoms with Crippen molar-refractivity contribution in [3.63, 3.8) is 0 Å². The molecule has 0 amide bonds. The summed E-state index contributed by atoms with van der Waals surface area (Å²) in [5.74, 6) is 0. The van der Waals surface area contributed by atoms with E-state index in [0.717, 1.165) is 50.3 Å². The Morgan fingerprint density at radius 2 is 1.96 bits per heavy atom. The van der Waals surface area contributed by atoms with E-state index in [9.17, 15) is 4.79 Å². The summed E-state index contributed by atoms with van der Waals surface area (Å²) >= 11 is 6.36. The topological polar surface area (TPSA) is 43.3 Å². The first-order valence-corrected chi connectivity index (χ1v) is 8.80. The number of nitrogens with one attached hydrogen (secondary N) is 1. The van der Waals surface area contributed by atoms with Crippen LogP contribution in [0.25, 0.3) is 5.69 Å². The van der Waals surface area contributed by atoms with Crippen LogP contribution in [-0.2, 0) is 4.74 Å². The van der Waals surface area contributed by atoms with Crippen molar-refractivity contribution in [1.82, 2.24) is 4.57 Å². The highest BCUT2D eigenvalue weighted by molar-refractivity contribution is 6.32. The standard InChI is InChI=1S/C19H25ClN2O2/c1-3-4-11-24-12-5-10-21-16-7-8-18(17(20)13-16)22-14-15(2)6-9-19(22)23/h6-9,13-14,21H,3-5,10-12H2,1-2H3. The smallest absolute Gasteiger partial charge is 0.255 e. The third kappa shape index (κ3) is 5.39. The Hall–Kier alpha value is -1.78. The molecule has 24 heavy (non-hydrogen) atoms. The Bertz CT molecular complexity index is 713. The molecule has 5 heteroatoms. The lowest BCUT2D eigenvalue weighted by Crippen LogP contribution is -2.17. The largest absolute Gasteiger partial charge is 0.385 e. The van der Waals surface area contributed by atoms with Gasteiger partial charge >= 0.3 is 0 Å². The van der Waals surface area contributed by atoms with Crippen molar-refractivity contribution in [2.45, 2.75) is 33.1 Å². The quantitative estimate of drug-likeness (QED) is 0.682. The van der Waals surface area contributed by atoms with Crippen LogP contribution in [0.5, 0.6) is 0 Å². The first kappa shape index (κ1) is 18.6. The second-order valence-electron chi connectivity index (χ2n) is 5.83. The van der Waals surface area contributed by atoms with Gasteiger partial charge in [0, 0.05) is 37.7 Å². The molecule has 130 valence electrons. The van der Waals surface area contributed by atoms with E-state index in [2.05, 4.69) is 12.2 Å². The van der Waals surface area contributed by atoms with Gasteiger partial charge in [-0.05, 0) is 43.5 Å². The molecule has 1 aromatic carbocycles. The molecule has 0 radical (unpaired) electrons. The van der Waals surface area contributed by atoms with Gasteiger partial charge in [-0.25, -0.2) is 0 Å². The zero-order valence-electron chi connectivity index (χ0n) is 14.3. The minimum atomic E-state index is -0.0903. The molecule has 0 unspecified atom stereocenters. The van der Waals surface area contributed by atoms with Gasteiger partial charge in [0.25, 0.3) is 5.56 Å². The molecule has 4 nitrogen and oxygen atoms in total. The molecule has 2 aromatic rings. The summed E-state index contributed by atoms with van der Waals surface area (Å²) in [5.41, 5.74) is 2.56. The minimum absolute atomic E-state index is 0.0903. The predicted octanol–water partition coefficient (Wildman–Crippen LogP) is 4.42. The van der Waals surface area contributed by atoms with Crippen molar-refractivity contribution in [3.8, 4) is 5.69 Å². The number of aromatic nitrogens is 1. The molecular weight excluding hydrogens is 324 g/mol. The fourth-order valence-corrected chi connectivity index (χ4v) is 2.62. The fourth-order valence-electron chi connectivity index (χ4n) is 2.35. The van der Waals surface area contributed by atoms with Gasteiger partial charge in [0.05, 0.1) is 10.7 Å². The molecule has 0 aliphatic carbocycles. The molecule has 1 heterocycles. The Morgan fingerprint density at radius 1 is 1.17 bits per heavy atom. The van der Waals surface area contributed by atoms with E-state index in [0.29, 0.717) is 10.7 Å². The first-order valence-electron chi connectivity index (χ1n) is 8.42. The number of rotatable bonds is 9. The number of hydrogen-bond acceptors (Lipinski definition) is 3. The maximum absolute atomic E-state index is 12.0. The number of benzene rings is 1. The summed E-state index contributed by atoms with van der Waals surface area (Å²) in [6.07, 6.45) is 5.01. The van der Waals surface area contributed by atoms with Crippen LogP contribution >= 0.6 is 11.6 Å². The predicted molar refractivity (Wildman–Crippen MR) is 101 cm³/mol. The number of ether oxygens (including phenoxy) is 1.